The van der Waals surface area contributed by atoms with Gasteiger partial charge in [0.2, 0.25) is 5.91 Å². The van der Waals surface area contributed by atoms with E-state index in [2.05, 4.69) is 24.3 Å². The molecular formula is C18H25NO2. The van der Waals surface area contributed by atoms with Crippen molar-refractivity contribution in [2.45, 2.75) is 38.0 Å². The summed E-state index contributed by atoms with van der Waals surface area (Å²) >= 11 is 0. The van der Waals surface area contributed by atoms with Crippen molar-refractivity contribution < 1.29 is 9.90 Å². The van der Waals surface area contributed by atoms with Crippen molar-refractivity contribution in [2.75, 3.05) is 20.2 Å². The topological polar surface area (TPSA) is 40.5 Å². The van der Waals surface area contributed by atoms with Crippen molar-refractivity contribution in [1.29, 1.82) is 0 Å². The highest BCUT2D eigenvalue weighted by Crippen LogP contribution is 2.60. The molecule has 0 bridgehead atoms. The highest BCUT2D eigenvalue weighted by atomic mass is 16.2. The van der Waals surface area contributed by atoms with E-state index in [1.165, 1.54) is 11.1 Å². The van der Waals surface area contributed by atoms with Gasteiger partial charge in [-0.2, -0.15) is 0 Å². The van der Waals surface area contributed by atoms with Gasteiger partial charge in [0.25, 0.3) is 0 Å². The normalized spacial score (nSPS) is 25.9. The van der Waals surface area contributed by atoms with Crippen LogP contribution in [-0.2, 0) is 11.2 Å². The van der Waals surface area contributed by atoms with E-state index in [-0.39, 0.29) is 12.5 Å². The van der Waals surface area contributed by atoms with Crippen molar-refractivity contribution in [3.05, 3.63) is 35.4 Å². The van der Waals surface area contributed by atoms with E-state index < -0.39 is 0 Å². The maximum atomic E-state index is 12.6. The first-order chi connectivity index (χ1) is 10.2. The van der Waals surface area contributed by atoms with Gasteiger partial charge < -0.3 is 10.0 Å². The Balaban J connectivity index is 1.58. The summed E-state index contributed by atoms with van der Waals surface area (Å²) in [6.45, 7) is 1.07. The lowest BCUT2D eigenvalue weighted by Gasteiger charge is -2.17. The van der Waals surface area contributed by atoms with E-state index >= 15 is 0 Å². The van der Waals surface area contributed by atoms with Gasteiger partial charge in [-0.15, -0.1) is 0 Å². The summed E-state index contributed by atoms with van der Waals surface area (Å²) in [5.41, 5.74) is 2.86. The summed E-state index contributed by atoms with van der Waals surface area (Å²) in [5, 5.41) is 8.79. The summed E-state index contributed by atoms with van der Waals surface area (Å²) < 4.78 is 0. The number of hydrogen-bond acceptors (Lipinski definition) is 2. The van der Waals surface area contributed by atoms with Crippen molar-refractivity contribution >= 4 is 5.91 Å². The molecule has 0 heterocycles. The van der Waals surface area contributed by atoms with Gasteiger partial charge in [0, 0.05) is 26.1 Å². The van der Waals surface area contributed by atoms with Crippen LogP contribution in [-0.4, -0.2) is 36.1 Å². The molecular weight excluding hydrogens is 262 g/mol. The molecule has 3 heteroatoms. The zero-order chi connectivity index (χ0) is 14.8. The van der Waals surface area contributed by atoms with Gasteiger partial charge in [0.15, 0.2) is 0 Å². The zero-order valence-corrected chi connectivity index (χ0v) is 12.8. The molecule has 1 aromatic rings. The lowest BCUT2D eigenvalue weighted by atomic mass is 9.92. The Hall–Kier alpha value is -1.35. The number of carbonyl (C=O) groups is 1. The summed E-state index contributed by atoms with van der Waals surface area (Å²) in [7, 11) is 1.93. The Morgan fingerprint density at radius 2 is 2.10 bits per heavy atom. The smallest absolute Gasteiger partial charge is 0.226 e. The van der Waals surface area contributed by atoms with Gasteiger partial charge in [-0.05, 0) is 55.1 Å². The molecule has 0 spiro atoms. The van der Waals surface area contributed by atoms with Crippen LogP contribution in [0, 0.1) is 11.8 Å². The molecule has 0 saturated heterocycles. The number of unbranched alkanes of at least 4 members (excludes halogenated alkanes) is 2. The molecule has 3 rings (SSSR count). The fourth-order valence-electron chi connectivity index (χ4n) is 3.91. The first-order valence-electron chi connectivity index (χ1n) is 8.17. The predicted octanol–water partition coefficient (Wildman–Crippen LogP) is 2.58. The third-order valence-corrected chi connectivity index (χ3v) is 5.14. The van der Waals surface area contributed by atoms with Crippen LogP contribution in [0.5, 0.6) is 0 Å². The van der Waals surface area contributed by atoms with E-state index in [9.17, 15) is 4.79 Å². The Bertz CT molecular complexity index is 514. The van der Waals surface area contributed by atoms with Crippen molar-refractivity contribution in [3.8, 4) is 0 Å². The molecule has 114 valence electrons. The molecule has 0 aromatic heterocycles. The number of carbonyl (C=O) groups excluding carboxylic acids is 1. The van der Waals surface area contributed by atoms with Crippen LogP contribution in [0.1, 0.15) is 42.7 Å². The van der Waals surface area contributed by atoms with Gasteiger partial charge in [0.1, 0.15) is 0 Å². The van der Waals surface area contributed by atoms with E-state index in [1.54, 1.807) is 0 Å². The van der Waals surface area contributed by atoms with Crippen LogP contribution in [0.15, 0.2) is 24.3 Å². The van der Waals surface area contributed by atoms with Crippen molar-refractivity contribution in [3.63, 3.8) is 0 Å². The monoisotopic (exact) mass is 287 g/mol. The minimum absolute atomic E-state index is 0.219. The lowest BCUT2D eigenvalue weighted by molar-refractivity contribution is -0.131. The summed E-state index contributed by atoms with van der Waals surface area (Å²) in [4.78, 5) is 14.5. The van der Waals surface area contributed by atoms with E-state index in [0.29, 0.717) is 17.7 Å². The second-order valence-corrected chi connectivity index (χ2v) is 6.50. The van der Waals surface area contributed by atoms with Crippen LogP contribution < -0.4 is 0 Å². The van der Waals surface area contributed by atoms with E-state index in [0.717, 1.165) is 38.6 Å². The van der Waals surface area contributed by atoms with E-state index in [1.807, 2.05) is 11.9 Å². The number of rotatable bonds is 6. The first kappa shape index (κ1) is 14.6. The molecule has 0 radical (unpaired) electrons. The molecule has 3 unspecified atom stereocenters. The van der Waals surface area contributed by atoms with Crippen LogP contribution in [0.25, 0.3) is 0 Å². The molecule has 0 aliphatic heterocycles. The number of aliphatic hydroxyl groups excluding tert-OH is 1. The number of amides is 1. The highest BCUT2D eigenvalue weighted by molar-refractivity contribution is 5.84. The zero-order valence-electron chi connectivity index (χ0n) is 12.8. The summed E-state index contributed by atoms with van der Waals surface area (Å²) in [5.74, 6) is 1.59. The number of aryl methyl sites for hydroxylation is 1. The summed E-state index contributed by atoms with van der Waals surface area (Å²) in [6.07, 6.45) is 5.11. The van der Waals surface area contributed by atoms with Crippen molar-refractivity contribution in [2.24, 2.45) is 11.8 Å². The molecule has 3 nitrogen and oxygen atoms in total. The Morgan fingerprint density at radius 1 is 1.29 bits per heavy atom. The molecule has 1 aromatic carbocycles. The SMILES string of the molecule is CN(CCCCCO)C(=O)C1C2CCc3ccccc3C21. The van der Waals surface area contributed by atoms with Gasteiger partial charge >= 0.3 is 0 Å². The second-order valence-electron chi connectivity index (χ2n) is 6.50. The molecule has 1 saturated carbocycles. The minimum Gasteiger partial charge on any atom is -0.396 e. The quantitative estimate of drug-likeness (QED) is 0.817. The Kier molecular flexibility index (Phi) is 4.29. The largest absolute Gasteiger partial charge is 0.396 e. The highest BCUT2D eigenvalue weighted by Gasteiger charge is 2.57. The van der Waals surface area contributed by atoms with Crippen LogP contribution >= 0.6 is 0 Å². The second kappa shape index (κ2) is 6.18. The molecule has 2 aliphatic rings. The van der Waals surface area contributed by atoms with Gasteiger partial charge in [-0.1, -0.05) is 24.3 Å². The van der Waals surface area contributed by atoms with Gasteiger partial charge in [0.05, 0.1) is 0 Å². The van der Waals surface area contributed by atoms with Crippen LogP contribution in [0.3, 0.4) is 0 Å². The fourth-order valence-corrected chi connectivity index (χ4v) is 3.91. The Labute approximate surface area is 127 Å². The standard InChI is InChI=1S/C18H25NO2/c1-19(11-5-2-6-12-20)18(21)17-15-10-9-13-7-3-4-8-14(13)16(15)17/h3-4,7-8,15-17,20H,2,5-6,9-12H2,1H3. The molecule has 2 aliphatic carbocycles. The average Bonchev–Trinajstić information content (AvgIpc) is 3.25. The number of nitrogens with zero attached hydrogens (tertiary/aromatic N) is 1. The molecule has 1 amide bonds. The lowest BCUT2D eigenvalue weighted by Crippen LogP contribution is -2.30. The molecule has 21 heavy (non-hydrogen) atoms. The Morgan fingerprint density at radius 3 is 2.90 bits per heavy atom. The fraction of sp³-hybridized carbons (Fsp3) is 0.611. The number of aliphatic hydroxyl groups is 1. The number of benzene rings is 1. The molecule has 3 atom stereocenters. The average molecular weight is 287 g/mol. The number of fused-ring (bicyclic) bond motifs is 3. The molecule has 1 fully saturated rings. The van der Waals surface area contributed by atoms with Gasteiger partial charge in [-0.3, -0.25) is 4.79 Å². The minimum atomic E-state index is 0.219. The third kappa shape index (κ3) is 2.84. The third-order valence-electron chi connectivity index (χ3n) is 5.14. The first-order valence-corrected chi connectivity index (χ1v) is 8.17. The van der Waals surface area contributed by atoms with Crippen molar-refractivity contribution in [1.82, 2.24) is 4.90 Å². The van der Waals surface area contributed by atoms with Gasteiger partial charge in [-0.25, -0.2) is 0 Å². The van der Waals surface area contributed by atoms with Crippen LogP contribution in [0.4, 0.5) is 0 Å². The maximum absolute atomic E-state index is 12.6. The summed E-state index contributed by atoms with van der Waals surface area (Å²) in [6, 6.07) is 8.62. The van der Waals surface area contributed by atoms with Crippen LogP contribution in [0.2, 0.25) is 0 Å². The number of hydrogen-bond donors (Lipinski definition) is 1. The maximum Gasteiger partial charge on any atom is 0.226 e. The molecule has 1 N–H and O–H groups in total. The van der Waals surface area contributed by atoms with E-state index in [4.69, 9.17) is 5.11 Å². The predicted molar refractivity (Wildman–Crippen MR) is 83.1 cm³/mol.